The van der Waals surface area contributed by atoms with E-state index in [1.807, 2.05) is 13.8 Å². The first kappa shape index (κ1) is 25.7. The standard InChI is InChI=1S/C23H36O12/c1-4-29-19-10(2)12-6-5-11(9-30-20-16(26)14(24)15(25)17(31-20)18(27)28)13-7-8-22(3)33-21(32-19)23(12,13)35-34-22/h10-17,19-21,24-26H,4-9H2,1-3H3,(H,27,28)/t10-,11+,12+,13+,14-,15-,16+,17-,19+,20+,21-,22-,23+/m1/s1. The average molecular weight is 505 g/mol. The van der Waals surface area contributed by atoms with Crippen LogP contribution in [-0.2, 0) is 38.3 Å². The van der Waals surface area contributed by atoms with E-state index >= 15 is 0 Å². The highest BCUT2D eigenvalue weighted by Gasteiger charge is 2.70. The molecule has 6 aliphatic rings. The van der Waals surface area contributed by atoms with Crippen LogP contribution in [0.4, 0.5) is 0 Å². The third-order valence-electron chi connectivity index (χ3n) is 8.51. The summed E-state index contributed by atoms with van der Waals surface area (Å²) in [6.07, 6.45) is -6.46. The number of fused-ring (bicyclic) bond motifs is 2. The van der Waals surface area contributed by atoms with Gasteiger partial charge in [-0.05, 0) is 39.0 Å². The molecule has 0 aromatic heterocycles. The average Bonchev–Trinajstić information content (AvgIpc) is 3.05. The van der Waals surface area contributed by atoms with Gasteiger partial charge in [-0.2, -0.15) is 0 Å². The van der Waals surface area contributed by atoms with Gasteiger partial charge in [0, 0.05) is 30.8 Å². The molecular weight excluding hydrogens is 468 g/mol. The lowest BCUT2D eigenvalue weighted by Gasteiger charge is -2.60. The Morgan fingerprint density at radius 3 is 2.46 bits per heavy atom. The molecule has 1 aliphatic carbocycles. The Morgan fingerprint density at radius 1 is 0.971 bits per heavy atom. The summed E-state index contributed by atoms with van der Waals surface area (Å²) in [6.45, 7) is 6.45. The molecule has 12 nitrogen and oxygen atoms in total. The molecule has 6 rings (SSSR count). The molecule has 1 spiro atoms. The summed E-state index contributed by atoms with van der Waals surface area (Å²) in [5.74, 6) is -2.48. The Bertz CT molecular complexity index is 796. The lowest BCUT2D eigenvalue weighted by molar-refractivity contribution is -0.577. The van der Waals surface area contributed by atoms with Gasteiger partial charge in [-0.1, -0.05) is 6.92 Å². The van der Waals surface area contributed by atoms with Crippen molar-refractivity contribution in [2.24, 2.45) is 23.7 Å². The lowest BCUT2D eigenvalue weighted by Crippen LogP contribution is -2.71. The van der Waals surface area contributed by atoms with Gasteiger partial charge in [-0.15, -0.1) is 0 Å². The quantitative estimate of drug-likeness (QED) is 0.362. The van der Waals surface area contributed by atoms with Crippen LogP contribution in [0.3, 0.4) is 0 Å². The lowest BCUT2D eigenvalue weighted by atomic mass is 9.58. The normalized spacial score (nSPS) is 53.6. The molecule has 5 aliphatic heterocycles. The number of rotatable bonds is 6. The molecule has 13 atom stereocenters. The fraction of sp³-hybridized carbons (Fsp3) is 0.957. The van der Waals surface area contributed by atoms with Crippen LogP contribution in [0, 0.1) is 23.7 Å². The summed E-state index contributed by atoms with van der Waals surface area (Å²) < 4.78 is 29.6. The minimum Gasteiger partial charge on any atom is -0.479 e. The van der Waals surface area contributed by atoms with Gasteiger partial charge < -0.3 is 44.1 Å². The van der Waals surface area contributed by atoms with Crippen molar-refractivity contribution in [2.45, 2.75) is 101 Å². The molecule has 0 unspecified atom stereocenters. The second-order valence-electron chi connectivity index (χ2n) is 10.6. The number of ether oxygens (including phenoxy) is 5. The van der Waals surface area contributed by atoms with Gasteiger partial charge in [0.1, 0.15) is 18.3 Å². The molecule has 12 heteroatoms. The van der Waals surface area contributed by atoms with Crippen LogP contribution in [0.15, 0.2) is 0 Å². The zero-order valence-electron chi connectivity index (χ0n) is 20.1. The topological polar surface area (TPSA) is 163 Å². The first-order valence-electron chi connectivity index (χ1n) is 12.5. The predicted octanol–water partition coefficient (Wildman–Crippen LogP) is 0.120. The molecule has 1 saturated carbocycles. The van der Waals surface area contributed by atoms with E-state index in [4.69, 9.17) is 33.5 Å². The third-order valence-corrected chi connectivity index (χ3v) is 8.51. The van der Waals surface area contributed by atoms with E-state index in [9.17, 15) is 25.2 Å². The maximum atomic E-state index is 11.4. The van der Waals surface area contributed by atoms with Gasteiger partial charge in [0.15, 0.2) is 30.6 Å². The monoisotopic (exact) mass is 504 g/mol. The van der Waals surface area contributed by atoms with Crippen LogP contribution < -0.4 is 0 Å². The van der Waals surface area contributed by atoms with Gasteiger partial charge in [-0.25, -0.2) is 14.6 Å². The molecule has 0 aromatic rings. The van der Waals surface area contributed by atoms with Crippen molar-refractivity contribution in [2.75, 3.05) is 13.2 Å². The first-order chi connectivity index (χ1) is 16.6. The zero-order chi connectivity index (χ0) is 25.1. The number of aliphatic hydroxyl groups is 3. The fourth-order valence-electron chi connectivity index (χ4n) is 6.66. The highest BCUT2D eigenvalue weighted by Crippen LogP contribution is 2.60. The summed E-state index contributed by atoms with van der Waals surface area (Å²) in [4.78, 5) is 23.4. The molecule has 6 fully saturated rings. The highest BCUT2D eigenvalue weighted by molar-refractivity contribution is 5.73. The van der Waals surface area contributed by atoms with Crippen molar-refractivity contribution in [3.63, 3.8) is 0 Å². The van der Waals surface area contributed by atoms with Crippen LogP contribution >= 0.6 is 0 Å². The number of carbonyl (C=O) groups is 1. The number of carboxylic acid groups (broad SMARTS) is 1. The number of hydrogen-bond acceptors (Lipinski definition) is 11. The molecule has 35 heavy (non-hydrogen) atoms. The Kier molecular flexibility index (Phi) is 6.92. The van der Waals surface area contributed by atoms with Gasteiger partial charge >= 0.3 is 5.97 Å². The number of aliphatic carboxylic acids is 1. The van der Waals surface area contributed by atoms with E-state index in [1.165, 1.54) is 0 Å². The first-order valence-corrected chi connectivity index (χ1v) is 12.5. The smallest absolute Gasteiger partial charge is 0.335 e. The molecule has 0 radical (unpaired) electrons. The van der Waals surface area contributed by atoms with Crippen LogP contribution in [0.1, 0.15) is 46.5 Å². The molecule has 0 amide bonds. The van der Waals surface area contributed by atoms with Crippen molar-refractivity contribution < 1.29 is 58.7 Å². The van der Waals surface area contributed by atoms with Crippen molar-refractivity contribution in [1.29, 1.82) is 0 Å². The van der Waals surface area contributed by atoms with Crippen molar-refractivity contribution in [1.82, 2.24) is 0 Å². The number of carboxylic acids is 1. The molecule has 4 N–H and O–H groups in total. The van der Waals surface area contributed by atoms with Gasteiger partial charge in [0.05, 0.1) is 6.61 Å². The number of aliphatic hydroxyl groups excluding tert-OH is 3. The predicted molar refractivity (Wildman–Crippen MR) is 113 cm³/mol. The summed E-state index contributed by atoms with van der Waals surface area (Å²) >= 11 is 0. The maximum Gasteiger partial charge on any atom is 0.335 e. The zero-order valence-corrected chi connectivity index (χ0v) is 20.1. The van der Waals surface area contributed by atoms with Crippen LogP contribution in [0.5, 0.6) is 0 Å². The van der Waals surface area contributed by atoms with E-state index in [-0.39, 0.29) is 30.3 Å². The Hall–Kier alpha value is -0.930. The fourth-order valence-corrected chi connectivity index (χ4v) is 6.66. The minimum atomic E-state index is -1.77. The van der Waals surface area contributed by atoms with Crippen LogP contribution in [-0.4, -0.2) is 94.3 Å². The van der Waals surface area contributed by atoms with E-state index in [2.05, 4.69) is 6.92 Å². The van der Waals surface area contributed by atoms with E-state index in [0.717, 1.165) is 19.3 Å². The van der Waals surface area contributed by atoms with Gasteiger partial charge in [0.2, 0.25) is 5.79 Å². The Morgan fingerprint density at radius 2 is 1.74 bits per heavy atom. The number of hydrogen-bond donors (Lipinski definition) is 4. The second kappa shape index (κ2) is 9.43. The largest absolute Gasteiger partial charge is 0.479 e. The third kappa shape index (κ3) is 4.12. The van der Waals surface area contributed by atoms with E-state index < -0.39 is 60.6 Å². The summed E-state index contributed by atoms with van der Waals surface area (Å²) in [6, 6.07) is 0. The van der Waals surface area contributed by atoms with Crippen molar-refractivity contribution in [3.05, 3.63) is 0 Å². The van der Waals surface area contributed by atoms with Gasteiger partial charge in [-0.3, -0.25) is 0 Å². The van der Waals surface area contributed by atoms with Gasteiger partial charge in [0.25, 0.3) is 0 Å². The second-order valence-corrected chi connectivity index (χ2v) is 10.6. The van der Waals surface area contributed by atoms with E-state index in [0.29, 0.717) is 13.0 Å². The Balaban J connectivity index is 1.36. The molecule has 2 bridgehead atoms. The molecule has 5 heterocycles. The van der Waals surface area contributed by atoms with E-state index in [1.54, 1.807) is 0 Å². The minimum absolute atomic E-state index is 0.0293. The maximum absolute atomic E-state index is 11.4. The summed E-state index contributed by atoms with van der Waals surface area (Å²) in [5, 5.41) is 39.7. The van der Waals surface area contributed by atoms with Crippen LogP contribution in [0.25, 0.3) is 0 Å². The highest BCUT2D eigenvalue weighted by atomic mass is 17.3. The molecule has 5 saturated heterocycles. The Labute approximate surface area is 203 Å². The van der Waals surface area contributed by atoms with Crippen molar-refractivity contribution in [3.8, 4) is 0 Å². The van der Waals surface area contributed by atoms with Crippen molar-refractivity contribution >= 4 is 5.97 Å². The molecule has 0 aromatic carbocycles. The van der Waals surface area contributed by atoms with Crippen LogP contribution in [0.2, 0.25) is 0 Å². The molecular formula is C23H36O12. The SMILES string of the molecule is CCO[C@H]1O[C@@H]2O[C@@]3(C)CC[C@H]4[C@H](CO[C@H]5O[C@@H](C(=O)O)[C@H](O)[C@@H](O)[C@@H]5O)CC[C@@H]([C@H]1C)[C@@]24OO3. The summed E-state index contributed by atoms with van der Waals surface area (Å²) in [5.41, 5.74) is -0.874. The summed E-state index contributed by atoms with van der Waals surface area (Å²) in [7, 11) is 0. The molecule has 200 valence electrons.